The van der Waals surface area contributed by atoms with Crippen LogP contribution in [0.25, 0.3) is 22.0 Å². The molecule has 1 atom stereocenters. The molecule has 232 valence electrons. The molecular weight excluding hydrogens is 591 g/mol. The van der Waals surface area contributed by atoms with Gasteiger partial charge in [0.25, 0.3) is 5.91 Å². The molecule has 44 heavy (non-hydrogen) atoms. The number of carbonyl (C=O) groups excluding carboxylic acids is 1. The number of hydrogen-bond donors (Lipinski definition) is 2. The highest BCUT2D eigenvalue weighted by atomic mass is 19.4. The van der Waals surface area contributed by atoms with Gasteiger partial charge < -0.3 is 24.6 Å². The number of benzene rings is 3. The van der Waals surface area contributed by atoms with E-state index in [4.69, 9.17) is 14.2 Å². The zero-order valence-electron chi connectivity index (χ0n) is 23.7. The van der Waals surface area contributed by atoms with Crippen molar-refractivity contribution < 1.29 is 50.9 Å². The van der Waals surface area contributed by atoms with Gasteiger partial charge in [-0.25, -0.2) is 18.6 Å². The number of pyridine rings is 1. The van der Waals surface area contributed by atoms with Crippen LogP contribution in [-0.2, 0) is 28.7 Å². The molecule has 4 rings (SSSR count). The quantitative estimate of drug-likeness (QED) is 0.194. The number of aromatic nitrogens is 1. The number of amides is 1. The molecule has 0 aliphatic rings. The van der Waals surface area contributed by atoms with Crippen molar-refractivity contribution in [1.82, 2.24) is 10.3 Å². The van der Waals surface area contributed by atoms with E-state index in [1.54, 1.807) is 12.1 Å². The topological polar surface area (TPSA) is 107 Å². The number of methoxy groups -OCH3 is 2. The summed E-state index contributed by atoms with van der Waals surface area (Å²) in [7, 11) is 2.76. The summed E-state index contributed by atoms with van der Waals surface area (Å²) in [6.45, 7) is 2.48. The first-order chi connectivity index (χ1) is 20.9. The molecule has 0 saturated heterocycles. The van der Waals surface area contributed by atoms with Crippen LogP contribution in [0, 0.1) is 11.6 Å². The van der Waals surface area contributed by atoms with Crippen LogP contribution in [0.15, 0.2) is 54.6 Å². The molecule has 0 spiro atoms. The van der Waals surface area contributed by atoms with Gasteiger partial charge in [-0.05, 0) is 48.4 Å². The second-order valence-electron chi connectivity index (χ2n) is 9.54. The van der Waals surface area contributed by atoms with Crippen molar-refractivity contribution in [1.29, 1.82) is 0 Å². The molecule has 3 aromatic carbocycles. The first kappa shape index (κ1) is 32.1. The van der Waals surface area contributed by atoms with Crippen molar-refractivity contribution >= 4 is 22.8 Å². The Morgan fingerprint density at radius 1 is 0.977 bits per heavy atom. The van der Waals surface area contributed by atoms with E-state index >= 15 is 0 Å². The summed E-state index contributed by atoms with van der Waals surface area (Å²) >= 11 is 0. The fourth-order valence-electron chi connectivity index (χ4n) is 4.71. The zero-order chi connectivity index (χ0) is 32.2. The van der Waals surface area contributed by atoms with Crippen LogP contribution in [0.1, 0.15) is 34.1 Å². The summed E-state index contributed by atoms with van der Waals surface area (Å²) in [5, 5.41) is 12.1. The van der Waals surface area contributed by atoms with Gasteiger partial charge in [0.15, 0.2) is 0 Å². The Kier molecular flexibility index (Phi) is 9.68. The Balaban J connectivity index is 1.86. The number of halogens is 5. The summed E-state index contributed by atoms with van der Waals surface area (Å²) in [4.78, 5) is 28.7. The molecule has 4 aromatic rings. The lowest BCUT2D eigenvalue weighted by Gasteiger charge is -2.20. The van der Waals surface area contributed by atoms with Crippen molar-refractivity contribution in [3.63, 3.8) is 0 Å². The number of aliphatic carboxylic acids is 1. The molecule has 1 aromatic heterocycles. The number of nitrogens with one attached hydrogen (secondary N) is 1. The van der Waals surface area contributed by atoms with Crippen LogP contribution >= 0.6 is 0 Å². The Labute approximate surface area is 248 Å². The van der Waals surface area contributed by atoms with E-state index in [9.17, 15) is 36.6 Å². The van der Waals surface area contributed by atoms with Crippen LogP contribution in [0.5, 0.6) is 11.5 Å². The Bertz CT molecular complexity index is 1660. The van der Waals surface area contributed by atoms with Crippen LogP contribution < -0.4 is 14.8 Å². The van der Waals surface area contributed by atoms with Gasteiger partial charge in [-0.15, -0.1) is 0 Å². The number of fused-ring (bicyclic) bond motifs is 1. The zero-order valence-corrected chi connectivity index (χ0v) is 23.7. The molecule has 0 fully saturated rings. The van der Waals surface area contributed by atoms with Crippen molar-refractivity contribution in [2.24, 2.45) is 0 Å². The number of ether oxygens (including phenoxy) is 3. The van der Waals surface area contributed by atoms with Gasteiger partial charge in [0.05, 0.1) is 31.9 Å². The maximum absolute atomic E-state index is 14.2. The number of alkyl halides is 3. The number of carbonyl (C=O) groups is 2. The van der Waals surface area contributed by atoms with Gasteiger partial charge in [0, 0.05) is 24.0 Å². The predicted octanol–water partition coefficient (Wildman–Crippen LogP) is 6.18. The lowest BCUT2D eigenvalue weighted by molar-refractivity contribution is -0.141. The molecule has 1 amide bonds. The van der Waals surface area contributed by atoms with Crippen LogP contribution in [0.4, 0.5) is 22.0 Å². The minimum absolute atomic E-state index is 0.135. The first-order valence-electron chi connectivity index (χ1n) is 13.2. The fourth-order valence-corrected chi connectivity index (χ4v) is 4.71. The normalized spacial score (nSPS) is 12.2. The fraction of sp³-hybridized carbons (Fsp3) is 0.258. The summed E-state index contributed by atoms with van der Waals surface area (Å²) in [5.41, 5.74) is -0.970. The van der Waals surface area contributed by atoms with Crippen molar-refractivity contribution in [3.05, 3.63) is 88.6 Å². The molecule has 0 aliphatic heterocycles. The van der Waals surface area contributed by atoms with Gasteiger partial charge in [0.2, 0.25) is 0 Å². The third kappa shape index (κ3) is 6.72. The number of nitrogens with zero attached hydrogens (tertiary/aromatic N) is 1. The molecule has 8 nitrogen and oxygen atoms in total. The van der Waals surface area contributed by atoms with Crippen molar-refractivity contribution in [3.8, 4) is 22.6 Å². The number of carboxylic acids is 1. The lowest BCUT2D eigenvalue weighted by atomic mass is 9.93. The summed E-state index contributed by atoms with van der Waals surface area (Å²) in [5.74, 6) is -4.72. The van der Waals surface area contributed by atoms with Crippen molar-refractivity contribution in [2.75, 3.05) is 20.8 Å². The third-order valence-corrected chi connectivity index (χ3v) is 6.76. The van der Waals surface area contributed by atoms with E-state index < -0.39 is 53.4 Å². The predicted molar refractivity (Wildman–Crippen MR) is 150 cm³/mol. The van der Waals surface area contributed by atoms with E-state index in [0.717, 1.165) is 30.3 Å². The standard InChI is InChI=1S/C31H27F5N2O6/c1-4-44-15-16-12-23(42-2)26(24(13-16)43-3)19-9-8-17(18-10-11-25(31(34,35)36)38-28(18)19)14-22(30(40)41)37-29(39)27-20(32)6-5-7-21(27)33/h5-13,22H,4,14-15H2,1-3H3,(H,37,39)(H,40,41). The molecule has 13 heteroatoms. The van der Waals surface area contributed by atoms with E-state index in [1.165, 1.54) is 26.4 Å². The number of carboxylic acid groups (broad SMARTS) is 1. The molecule has 1 unspecified atom stereocenters. The van der Waals surface area contributed by atoms with E-state index in [-0.39, 0.29) is 45.7 Å². The summed E-state index contributed by atoms with van der Waals surface area (Å²) in [6.07, 6.45) is -5.26. The van der Waals surface area contributed by atoms with Gasteiger partial charge in [-0.1, -0.05) is 24.3 Å². The Hall–Kier alpha value is -4.78. The third-order valence-electron chi connectivity index (χ3n) is 6.76. The van der Waals surface area contributed by atoms with Gasteiger partial charge in [-0.2, -0.15) is 13.2 Å². The lowest BCUT2D eigenvalue weighted by Crippen LogP contribution is -2.43. The van der Waals surface area contributed by atoms with Crippen LogP contribution in [-0.4, -0.2) is 48.8 Å². The smallest absolute Gasteiger partial charge is 0.433 e. The van der Waals surface area contributed by atoms with Gasteiger partial charge >= 0.3 is 12.1 Å². The number of rotatable bonds is 11. The highest BCUT2D eigenvalue weighted by Crippen LogP contribution is 2.44. The van der Waals surface area contributed by atoms with Gasteiger partial charge in [0.1, 0.15) is 40.4 Å². The average molecular weight is 619 g/mol. The van der Waals surface area contributed by atoms with Crippen LogP contribution in [0.3, 0.4) is 0 Å². The second kappa shape index (κ2) is 13.2. The maximum Gasteiger partial charge on any atom is 0.433 e. The SMILES string of the molecule is CCOCc1cc(OC)c(-c2ccc(CC(NC(=O)c3c(F)cccc3F)C(=O)O)c3ccc(C(F)(F)F)nc23)c(OC)c1. The Morgan fingerprint density at radius 3 is 2.16 bits per heavy atom. The highest BCUT2D eigenvalue weighted by Gasteiger charge is 2.34. The number of hydrogen-bond acceptors (Lipinski definition) is 6. The van der Waals surface area contributed by atoms with E-state index in [1.807, 2.05) is 6.92 Å². The first-order valence-corrected chi connectivity index (χ1v) is 13.2. The van der Waals surface area contributed by atoms with Crippen LogP contribution in [0.2, 0.25) is 0 Å². The molecule has 0 bridgehead atoms. The largest absolute Gasteiger partial charge is 0.496 e. The second-order valence-corrected chi connectivity index (χ2v) is 9.54. The van der Waals surface area contributed by atoms with E-state index in [0.29, 0.717) is 12.2 Å². The molecule has 0 radical (unpaired) electrons. The Morgan fingerprint density at radius 2 is 1.61 bits per heavy atom. The maximum atomic E-state index is 14.2. The minimum atomic E-state index is -4.81. The molecule has 0 saturated carbocycles. The molecular formula is C31H27F5N2O6. The van der Waals surface area contributed by atoms with E-state index in [2.05, 4.69) is 10.3 Å². The minimum Gasteiger partial charge on any atom is -0.496 e. The summed E-state index contributed by atoms with van der Waals surface area (Å²) < 4.78 is 86.3. The average Bonchev–Trinajstić information content (AvgIpc) is 2.98. The van der Waals surface area contributed by atoms with Crippen molar-refractivity contribution in [2.45, 2.75) is 32.2 Å². The highest BCUT2D eigenvalue weighted by molar-refractivity contribution is 6.00. The van der Waals surface area contributed by atoms with Gasteiger partial charge in [-0.3, -0.25) is 4.79 Å². The monoisotopic (exact) mass is 618 g/mol. The summed E-state index contributed by atoms with van der Waals surface area (Å²) in [6, 6.07) is 9.11. The molecule has 0 aliphatic carbocycles. The molecule has 2 N–H and O–H groups in total. The molecule has 1 heterocycles.